The van der Waals surface area contributed by atoms with Crippen LogP contribution >= 0.6 is 0 Å². The summed E-state index contributed by atoms with van der Waals surface area (Å²) in [5.74, 6) is -0.973. The van der Waals surface area contributed by atoms with Crippen molar-refractivity contribution in [1.82, 2.24) is 10.4 Å². The fraction of sp³-hybridized carbons (Fsp3) is 0.571. The maximum Gasteiger partial charge on any atom is 0.130 e. The van der Waals surface area contributed by atoms with E-state index in [9.17, 15) is 8.78 Å². The van der Waals surface area contributed by atoms with Gasteiger partial charge in [-0.25, -0.2) is 13.8 Å². The molecular formula is C14H20F2N2. The van der Waals surface area contributed by atoms with Gasteiger partial charge in [0.1, 0.15) is 11.6 Å². The largest absolute Gasteiger partial charge is 0.250 e. The number of halogens is 2. The Balaban J connectivity index is 2.02. The van der Waals surface area contributed by atoms with Crippen LogP contribution in [0.3, 0.4) is 0 Å². The molecule has 2 nitrogen and oxygen atoms in total. The van der Waals surface area contributed by atoms with Gasteiger partial charge in [-0.05, 0) is 38.8 Å². The number of hydrogen-bond acceptors (Lipinski definition) is 2. The van der Waals surface area contributed by atoms with Crippen LogP contribution in [-0.2, 0) is 6.54 Å². The molecule has 2 rings (SSSR count). The fourth-order valence-corrected chi connectivity index (χ4v) is 2.60. The summed E-state index contributed by atoms with van der Waals surface area (Å²) in [7, 11) is 0. The Kier molecular flexibility index (Phi) is 4.30. The van der Waals surface area contributed by atoms with E-state index in [1.54, 1.807) is 0 Å². The lowest BCUT2D eigenvalue weighted by molar-refractivity contribution is 0.0427. The molecule has 0 aromatic heterocycles. The highest BCUT2D eigenvalue weighted by Crippen LogP contribution is 2.21. The summed E-state index contributed by atoms with van der Waals surface area (Å²) in [6.45, 7) is 4.48. The van der Waals surface area contributed by atoms with Gasteiger partial charge in [-0.15, -0.1) is 0 Å². The van der Waals surface area contributed by atoms with Crippen molar-refractivity contribution in [3.63, 3.8) is 0 Å². The Morgan fingerprint density at radius 1 is 1.17 bits per heavy atom. The first-order valence-corrected chi connectivity index (χ1v) is 6.54. The second kappa shape index (κ2) is 5.76. The first-order valence-electron chi connectivity index (χ1n) is 6.54. The van der Waals surface area contributed by atoms with Crippen molar-refractivity contribution >= 4 is 0 Å². The lowest BCUT2D eigenvalue weighted by atomic mass is 10.00. The summed E-state index contributed by atoms with van der Waals surface area (Å²) >= 11 is 0. The molecule has 1 aliphatic heterocycles. The van der Waals surface area contributed by atoms with E-state index in [0.29, 0.717) is 12.1 Å². The zero-order chi connectivity index (χ0) is 13.1. The van der Waals surface area contributed by atoms with Gasteiger partial charge in [-0.2, -0.15) is 0 Å². The van der Waals surface area contributed by atoms with Gasteiger partial charge < -0.3 is 0 Å². The average Bonchev–Trinajstić information content (AvgIpc) is 2.31. The number of nitrogens with zero attached hydrogens (tertiary/aromatic N) is 1. The van der Waals surface area contributed by atoms with Crippen LogP contribution in [0.25, 0.3) is 0 Å². The van der Waals surface area contributed by atoms with Gasteiger partial charge in [-0.1, -0.05) is 12.5 Å². The van der Waals surface area contributed by atoms with Gasteiger partial charge in [0.2, 0.25) is 0 Å². The van der Waals surface area contributed by atoms with Crippen molar-refractivity contribution in [3.05, 3.63) is 35.4 Å². The summed E-state index contributed by atoms with van der Waals surface area (Å²) in [6.07, 6.45) is 3.46. The van der Waals surface area contributed by atoms with Gasteiger partial charge >= 0.3 is 0 Å². The molecule has 1 aromatic carbocycles. The van der Waals surface area contributed by atoms with Crippen LogP contribution in [0.1, 0.15) is 38.7 Å². The maximum absolute atomic E-state index is 13.5. The third-order valence-corrected chi connectivity index (χ3v) is 3.69. The van der Waals surface area contributed by atoms with Crippen molar-refractivity contribution in [3.8, 4) is 0 Å². The second-order valence-corrected chi connectivity index (χ2v) is 5.07. The third-order valence-electron chi connectivity index (χ3n) is 3.69. The van der Waals surface area contributed by atoms with Crippen molar-refractivity contribution in [2.24, 2.45) is 0 Å². The Hall–Kier alpha value is -1.00. The Morgan fingerprint density at radius 2 is 1.72 bits per heavy atom. The van der Waals surface area contributed by atoms with Crippen LogP contribution in [0.4, 0.5) is 8.78 Å². The van der Waals surface area contributed by atoms with E-state index >= 15 is 0 Å². The molecule has 100 valence electrons. The molecule has 0 saturated carbocycles. The molecule has 4 heteroatoms. The molecule has 1 saturated heterocycles. The Labute approximate surface area is 107 Å². The van der Waals surface area contributed by atoms with Crippen LogP contribution in [0, 0.1) is 11.6 Å². The first kappa shape index (κ1) is 13.4. The maximum atomic E-state index is 13.5. The number of hydrazine groups is 1. The minimum absolute atomic E-state index is 0.113. The quantitative estimate of drug-likeness (QED) is 0.891. The molecule has 0 amide bonds. The van der Waals surface area contributed by atoms with Gasteiger partial charge in [0.15, 0.2) is 0 Å². The zero-order valence-corrected chi connectivity index (χ0v) is 10.9. The molecule has 1 aliphatic rings. The number of piperidine rings is 1. The van der Waals surface area contributed by atoms with Gasteiger partial charge in [0.05, 0.1) is 0 Å². The number of rotatable bonds is 3. The number of benzene rings is 1. The topological polar surface area (TPSA) is 15.3 Å². The number of nitrogens with one attached hydrogen (secondary N) is 1. The average molecular weight is 254 g/mol. The van der Waals surface area contributed by atoms with Crippen LogP contribution < -0.4 is 5.43 Å². The van der Waals surface area contributed by atoms with Gasteiger partial charge in [0, 0.05) is 24.2 Å². The molecule has 0 aliphatic carbocycles. The summed E-state index contributed by atoms with van der Waals surface area (Å²) in [4.78, 5) is 0. The van der Waals surface area contributed by atoms with Gasteiger partial charge in [-0.3, -0.25) is 5.43 Å². The first-order chi connectivity index (χ1) is 8.59. The second-order valence-electron chi connectivity index (χ2n) is 5.07. The molecule has 1 N–H and O–H groups in total. The van der Waals surface area contributed by atoms with E-state index in [0.717, 1.165) is 12.8 Å². The molecule has 0 bridgehead atoms. The van der Waals surface area contributed by atoms with Crippen molar-refractivity contribution in [1.29, 1.82) is 0 Å². The van der Waals surface area contributed by atoms with Crippen LogP contribution in [-0.4, -0.2) is 17.1 Å². The predicted molar refractivity (Wildman–Crippen MR) is 67.8 cm³/mol. The molecule has 2 unspecified atom stereocenters. The molecule has 1 heterocycles. The van der Waals surface area contributed by atoms with E-state index < -0.39 is 11.6 Å². The summed E-state index contributed by atoms with van der Waals surface area (Å²) in [5.41, 5.74) is 3.29. The standard InChI is InChI=1S/C14H20F2N2/c1-10-5-3-6-11(2)18(10)17-9-12-13(15)7-4-8-14(12)16/h4,7-8,10-11,17H,3,5-6,9H2,1-2H3. The molecule has 1 fully saturated rings. The summed E-state index contributed by atoms with van der Waals surface area (Å²) < 4.78 is 27.0. The van der Waals surface area contributed by atoms with Gasteiger partial charge in [0.25, 0.3) is 0 Å². The normalized spacial score (nSPS) is 25.3. The summed E-state index contributed by atoms with van der Waals surface area (Å²) in [5, 5.41) is 2.12. The van der Waals surface area contributed by atoms with Crippen molar-refractivity contribution < 1.29 is 8.78 Å². The van der Waals surface area contributed by atoms with Crippen LogP contribution in [0.2, 0.25) is 0 Å². The van der Waals surface area contributed by atoms with E-state index in [1.165, 1.54) is 24.6 Å². The predicted octanol–water partition coefficient (Wildman–Crippen LogP) is 3.23. The third kappa shape index (κ3) is 2.87. The highest BCUT2D eigenvalue weighted by atomic mass is 19.1. The lowest BCUT2D eigenvalue weighted by Crippen LogP contribution is -2.51. The minimum Gasteiger partial charge on any atom is -0.250 e. The van der Waals surface area contributed by atoms with Crippen LogP contribution in [0.5, 0.6) is 0 Å². The van der Waals surface area contributed by atoms with Crippen molar-refractivity contribution in [2.75, 3.05) is 0 Å². The van der Waals surface area contributed by atoms with E-state index in [1.807, 2.05) is 0 Å². The highest BCUT2D eigenvalue weighted by molar-refractivity contribution is 5.19. The molecule has 18 heavy (non-hydrogen) atoms. The summed E-state index contributed by atoms with van der Waals surface area (Å²) in [6, 6.07) is 4.79. The van der Waals surface area contributed by atoms with E-state index in [4.69, 9.17) is 0 Å². The van der Waals surface area contributed by atoms with E-state index in [-0.39, 0.29) is 12.1 Å². The molecule has 2 atom stereocenters. The van der Waals surface area contributed by atoms with Crippen molar-refractivity contribution in [2.45, 2.75) is 51.7 Å². The molecular weight excluding hydrogens is 234 g/mol. The number of hydrogen-bond donors (Lipinski definition) is 1. The monoisotopic (exact) mass is 254 g/mol. The lowest BCUT2D eigenvalue weighted by Gasteiger charge is -2.39. The smallest absolute Gasteiger partial charge is 0.130 e. The SMILES string of the molecule is CC1CCCC(C)N1NCc1c(F)cccc1F. The highest BCUT2D eigenvalue weighted by Gasteiger charge is 2.24. The van der Waals surface area contributed by atoms with Crippen LogP contribution in [0.15, 0.2) is 18.2 Å². The molecule has 0 spiro atoms. The minimum atomic E-state index is -0.486. The van der Waals surface area contributed by atoms with E-state index in [2.05, 4.69) is 24.3 Å². The molecule has 1 aromatic rings. The Morgan fingerprint density at radius 3 is 2.28 bits per heavy atom. The molecule has 0 radical (unpaired) electrons. The Bertz CT molecular complexity index is 379. The fourth-order valence-electron chi connectivity index (χ4n) is 2.60. The zero-order valence-electron chi connectivity index (χ0n) is 10.9.